The molecule has 2 N–H and O–H groups in total. The van der Waals surface area contributed by atoms with Crippen LogP contribution in [-0.4, -0.2) is 25.0 Å². The number of aryl methyl sites for hydroxylation is 2. The number of hydrogen-bond donors (Lipinski definition) is 2. The molecule has 2 aromatic carbocycles. The topological polar surface area (TPSA) is 67.4 Å². The van der Waals surface area contributed by atoms with E-state index in [1.54, 1.807) is 24.3 Å². The van der Waals surface area contributed by atoms with Crippen LogP contribution in [0, 0.1) is 20.8 Å². The molecule has 2 aromatic rings. The zero-order valence-corrected chi connectivity index (χ0v) is 16.5. The standard InChI is InChI=1S/C22H28N2O3/c1-5-6-11-23-22(26)18-9-7-8-10-19(18)24-21(25)14-27-20-13-15(2)12-16(3)17(20)4/h7-10,12-13H,5-6,11,14H2,1-4H3,(H,23,26)(H,24,25). The Bertz CT molecular complexity index is 815. The fraction of sp³-hybridized carbons (Fsp3) is 0.364. The maximum Gasteiger partial charge on any atom is 0.262 e. The molecule has 0 spiro atoms. The van der Waals surface area contributed by atoms with Crippen LogP contribution in [0.5, 0.6) is 5.75 Å². The summed E-state index contributed by atoms with van der Waals surface area (Å²) < 4.78 is 5.70. The molecule has 2 amide bonds. The molecule has 0 fully saturated rings. The first-order valence-corrected chi connectivity index (χ1v) is 9.30. The SMILES string of the molecule is CCCCNC(=O)c1ccccc1NC(=O)COc1cc(C)cc(C)c1C. The highest BCUT2D eigenvalue weighted by atomic mass is 16.5. The summed E-state index contributed by atoms with van der Waals surface area (Å²) in [5.74, 6) is 0.209. The summed E-state index contributed by atoms with van der Waals surface area (Å²) in [7, 11) is 0. The van der Waals surface area contributed by atoms with Gasteiger partial charge in [-0.25, -0.2) is 0 Å². The van der Waals surface area contributed by atoms with Crippen molar-refractivity contribution in [3.63, 3.8) is 0 Å². The molecular formula is C22H28N2O3. The van der Waals surface area contributed by atoms with Crippen LogP contribution in [0.3, 0.4) is 0 Å². The number of carbonyl (C=O) groups is 2. The van der Waals surface area contributed by atoms with Gasteiger partial charge in [0.15, 0.2) is 6.61 Å². The number of benzene rings is 2. The number of rotatable bonds is 8. The van der Waals surface area contributed by atoms with Crippen molar-refractivity contribution in [2.24, 2.45) is 0 Å². The average Bonchev–Trinajstić information content (AvgIpc) is 2.64. The maximum atomic E-state index is 12.3. The number of amides is 2. The molecule has 0 heterocycles. The van der Waals surface area contributed by atoms with Crippen molar-refractivity contribution in [3.05, 3.63) is 58.7 Å². The lowest BCUT2D eigenvalue weighted by Gasteiger charge is -2.14. The summed E-state index contributed by atoms with van der Waals surface area (Å²) in [5, 5.41) is 5.65. The second kappa shape index (κ2) is 9.76. The van der Waals surface area contributed by atoms with Crippen LogP contribution in [0.4, 0.5) is 5.69 Å². The van der Waals surface area contributed by atoms with Crippen molar-refractivity contribution in [1.29, 1.82) is 0 Å². The number of anilines is 1. The Hall–Kier alpha value is -2.82. The number of unbranched alkanes of at least 4 members (excludes halogenated alkanes) is 1. The van der Waals surface area contributed by atoms with Crippen LogP contribution < -0.4 is 15.4 Å². The van der Waals surface area contributed by atoms with Crippen molar-refractivity contribution in [2.75, 3.05) is 18.5 Å². The summed E-state index contributed by atoms with van der Waals surface area (Å²) in [6, 6.07) is 11.0. The van der Waals surface area contributed by atoms with Gasteiger partial charge in [0, 0.05) is 6.54 Å². The van der Waals surface area contributed by atoms with Crippen molar-refractivity contribution in [3.8, 4) is 5.75 Å². The minimum Gasteiger partial charge on any atom is -0.483 e. The summed E-state index contributed by atoms with van der Waals surface area (Å²) in [6.07, 6.45) is 1.93. The van der Waals surface area contributed by atoms with Crippen LogP contribution in [0.25, 0.3) is 0 Å². The second-order valence-electron chi connectivity index (χ2n) is 6.70. The van der Waals surface area contributed by atoms with Crippen LogP contribution >= 0.6 is 0 Å². The summed E-state index contributed by atoms with van der Waals surface area (Å²) >= 11 is 0. The average molecular weight is 368 g/mol. The largest absolute Gasteiger partial charge is 0.483 e. The van der Waals surface area contributed by atoms with Crippen LogP contribution in [-0.2, 0) is 4.79 Å². The van der Waals surface area contributed by atoms with Gasteiger partial charge >= 0.3 is 0 Å². The van der Waals surface area contributed by atoms with E-state index < -0.39 is 0 Å². The van der Waals surface area contributed by atoms with Crippen molar-refractivity contribution in [2.45, 2.75) is 40.5 Å². The first kappa shape index (κ1) is 20.5. The van der Waals surface area contributed by atoms with Gasteiger partial charge in [0.2, 0.25) is 0 Å². The van der Waals surface area contributed by atoms with Crippen LogP contribution in [0.1, 0.15) is 46.8 Å². The lowest BCUT2D eigenvalue weighted by Crippen LogP contribution is -2.27. The van der Waals surface area contributed by atoms with E-state index in [0.29, 0.717) is 23.5 Å². The predicted molar refractivity (Wildman–Crippen MR) is 108 cm³/mol. The molecule has 0 atom stereocenters. The van der Waals surface area contributed by atoms with E-state index in [4.69, 9.17) is 4.74 Å². The van der Waals surface area contributed by atoms with E-state index in [1.807, 2.05) is 26.8 Å². The first-order valence-electron chi connectivity index (χ1n) is 9.30. The first-order chi connectivity index (χ1) is 12.9. The van der Waals surface area contributed by atoms with E-state index in [-0.39, 0.29) is 18.4 Å². The van der Waals surface area contributed by atoms with Gasteiger partial charge in [-0.2, -0.15) is 0 Å². The lowest BCUT2D eigenvalue weighted by molar-refractivity contribution is -0.118. The normalized spacial score (nSPS) is 10.4. The third-order valence-corrected chi connectivity index (χ3v) is 4.38. The lowest BCUT2D eigenvalue weighted by atomic mass is 10.1. The fourth-order valence-corrected chi connectivity index (χ4v) is 2.74. The van der Waals surface area contributed by atoms with Crippen LogP contribution in [0.15, 0.2) is 36.4 Å². The van der Waals surface area contributed by atoms with E-state index in [2.05, 4.69) is 23.6 Å². The van der Waals surface area contributed by atoms with Gasteiger partial charge in [0.1, 0.15) is 5.75 Å². The summed E-state index contributed by atoms with van der Waals surface area (Å²) in [4.78, 5) is 24.7. The molecule has 5 heteroatoms. The molecular weight excluding hydrogens is 340 g/mol. The highest BCUT2D eigenvalue weighted by Gasteiger charge is 2.13. The minimum atomic E-state index is -0.303. The number of hydrogen-bond acceptors (Lipinski definition) is 3. The van der Waals surface area contributed by atoms with Gasteiger partial charge in [-0.1, -0.05) is 31.5 Å². The van der Waals surface area contributed by atoms with Gasteiger partial charge < -0.3 is 15.4 Å². The molecule has 0 aromatic heterocycles. The van der Waals surface area contributed by atoms with E-state index in [1.165, 1.54) is 0 Å². The predicted octanol–water partition coefficient (Wildman–Crippen LogP) is 4.16. The molecule has 2 rings (SSSR count). The van der Waals surface area contributed by atoms with Crippen LogP contribution in [0.2, 0.25) is 0 Å². The molecule has 0 aliphatic heterocycles. The smallest absolute Gasteiger partial charge is 0.262 e. The Morgan fingerprint density at radius 1 is 1.07 bits per heavy atom. The van der Waals surface area contributed by atoms with Gasteiger partial charge in [0.05, 0.1) is 11.3 Å². The number of ether oxygens (including phenoxy) is 1. The van der Waals surface area contributed by atoms with Crippen molar-refractivity contribution in [1.82, 2.24) is 5.32 Å². The quantitative estimate of drug-likeness (QED) is 0.688. The Balaban J connectivity index is 2.01. The molecule has 0 aliphatic rings. The van der Waals surface area contributed by atoms with Gasteiger partial charge in [-0.05, 0) is 62.1 Å². The highest BCUT2D eigenvalue weighted by Crippen LogP contribution is 2.23. The van der Waals surface area contributed by atoms with Gasteiger partial charge in [-0.15, -0.1) is 0 Å². The zero-order chi connectivity index (χ0) is 19.8. The molecule has 0 unspecified atom stereocenters. The van der Waals surface area contributed by atoms with E-state index in [0.717, 1.165) is 29.5 Å². The molecule has 0 aliphatic carbocycles. The fourth-order valence-electron chi connectivity index (χ4n) is 2.74. The van der Waals surface area contributed by atoms with Crippen molar-refractivity contribution < 1.29 is 14.3 Å². The number of carbonyl (C=O) groups excluding carboxylic acids is 2. The summed E-state index contributed by atoms with van der Waals surface area (Å²) in [5.41, 5.74) is 4.16. The Kier molecular flexibility index (Phi) is 7.41. The molecule has 5 nitrogen and oxygen atoms in total. The Labute approximate surface area is 161 Å². The third kappa shape index (κ3) is 5.84. The van der Waals surface area contributed by atoms with E-state index in [9.17, 15) is 9.59 Å². The molecule has 0 saturated heterocycles. The monoisotopic (exact) mass is 368 g/mol. The maximum absolute atomic E-state index is 12.3. The second-order valence-corrected chi connectivity index (χ2v) is 6.70. The van der Waals surface area contributed by atoms with E-state index >= 15 is 0 Å². The zero-order valence-electron chi connectivity index (χ0n) is 16.5. The molecule has 0 radical (unpaired) electrons. The third-order valence-electron chi connectivity index (χ3n) is 4.38. The molecule has 0 saturated carbocycles. The highest BCUT2D eigenvalue weighted by molar-refractivity contribution is 6.04. The number of nitrogens with one attached hydrogen (secondary N) is 2. The van der Waals surface area contributed by atoms with Gasteiger partial charge in [0.25, 0.3) is 11.8 Å². The molecule has 144 valence electrons. The van der Waals surface area contributed by atoms with Gasteiger partial charge in [-0.3, -0.25) is 9.59 Å². The summed E-state index contributed by atoms with van der Waals surface area (Å²) in [6.45, 7) is 8.55. The number of para-hydroxylation sites is 1. The minimum absolute atomic E-state index is 0.116. The molecule has 0 bridgehead atoms. The Morgan fingerprint density at radius 2 is 1.81 bits per heavy atom. The molecule has 27 heavy (non-hydrogen) atoms. The Morgan fingerprint density at radius 3 is 2.56 bits per heavy atom. The van der Waals surface area contributed by atoms with Crippen molar-refractivity contribution >= 4 is 17.5 Å².